The van der Waals surface area contributed by atoms with Gasteiger partial charge >= 0.3 is 0 Å². The molecule has 1 unspecified atom stereocenters. The zero-order valence-electron chi connectivity index (χ0n) is 11.5. The van der Waals surface area contributed by atoms with E-state index in [2.05, 4.69) is 35.1 Å². The van der Waals surface area contributed by atoms with Gasteiger partial charge in [0.05, 0.1) is 5.60 Å². The van der Waals surface area contributed by atoms with Crippen molar-refractivity contribution in [2.45, 2.75) is 44.2 Å². The van der Waals surface area contributed by atoms with Gasteiger partial charge in [-0.2, -0.15) is 0 Å². The second-order valence-electron chi connectivity index (χ2n) is 5.58. The molecule has 0 saturated carbocycles. The van der Waals surface area contributed by atoms with Crippen LogP contribution in [0.15, 0.2) is 30.3 Å². The Hall–Kier alpha value is -1.30. The lowest BCUT2D eigenvalue weighted by atomic mass is 9.87. The number of nitrogens with zero attached hydrogens (tertiary/aromatic N) is 1. The molecule has 1 atom stereocenters. The number of likely N-dealkylation sites (tertiary alicyclic amines) is 1. The number of benzene rings is 1. The number of β-amino-alcohol motifs (C(OH)–C–C–N with tert-alkyl or cyclic N) is 1. The minimum absolute atomic E-state index is 0.538. The number of aliphatic hydroxyl groups is 1. The van der Waals surface area contributed by atoms with Crippen molar-refractivity contribution in [1.29, 1.82) is 0 Å². The summed E-state index contributed by atoms with van der Waals surface area (Å²) in [4.78, 5) is 2.36. The molecule has 2 rings (SSSR count). The highest BCUT2D eigenvalue weighted by molar-refractivity contribution is 5.14. The number of rotatable bonds is 5. The maximum absolute atomic E-state index is 10.6. The summed E-state index contributed by atoms with van der Waals surface area (Å²) in [6.45, 7) is 2.77. The van der Waals surface area contributed by atoms with E-state index in [0.29, 0.717) is 0 Å². The third-order valence-electron chi connectivity index (χ3n) is 3.85. The second kappa shape index (κ2) is 6.75. The monoisotopic (exact) mass is 257 g/mol. The third kappa shape index (κ3) is 4.38. The smallest absolute Gasteiger partial charge is 0.0775 e. The van der Waals surface area contributed by atoms with E-state index in [-0.39, 0.29) is 0 Å². The number of unbranched alkanes of at least 4 members (excludes halogenated alkanes) is 1. The Kier molecular flexibility index (Phi) is 5.01. The highest BCUT2D eigenvalue weighted by atomic mass is 16.3. The summed E-state index contributed by atoms with van der Waals surface area (Å²) in [5.74, 6) is 2.65. The quantitative estimate of drug-likeness (QED) is 0.647. The minimum Gasteiger partial charge on any atom is -0.389 e. The van der Waals surface area contributed by atoms with Crippen LogP contribution in [0.5, 0.6) is 0 Å². The summed E-state index contributed by atoms with van der Waals surface area (Å²) in [6, 6.07) is 10.5. The third-order valence-corrected chi connectivity index (χ3v) is 3.85. The molecule has 19 heavy (non-hydrogen) atoms. The average molecular weight is 257 g/mol. The first-order valence-corrected chi connectivity index (χ1v) is 7.14. The molecule has 1 aromatic rings. The lowest BCUT2D eigenvalue weighted by Crippen LogP contribution is -2.47. The fraction of sp³-hybridized carbons (Fsp3) is 0.529. The van der Waals surface area contributed by atoms with Crippen molar-refractivity contribution in [1.82, 2.24) is 4.90 Å². The molecule has 2 heteroatoms. The Balaban J connectivity index is 1.88. The standard InChI is InChI=1S/C17H23NO/c1-2-3-7-11-17(19)12-8-13-18(15-17)14-16-9-5-4-6-10-16/h1,4-6,9-10,19H,3,7-8,11-15H2. The van der Waals surface area contributed by atoms with Crippen molar-refractivity contribution >= 4 is 0 Å². The lowest BCUT2D eigenvalue weighted by molar-refractivity contribution is -0.0402. The molecule has 0 aromatic heterocycles. The summed E-state index contributed by atoms with van der Waals surface area (Å²) < 4.78 is 0. The van der Waals surface area contributed by atoms with Crippen LogP contribution in [-0.4, -0.2) is 28.7 Å². The fourth-order valence-electron chi connectivity index (χ4n) is 2.91. The summed E-state index contributed by atoms with van der Waals surface area (Å²) in [5, 5.41) is 10.6. The Labute approximate surface area is 116 Å². The van der Waals surface area contributed by atoms with Crippen LogP contribution < -0.4 is 0 Å². The van der Waals surface area contributed by atoms with Crippen molar-refractivity contribution in [2.24, 2.45) is 0 Å². The molecule has 1 saturated heterocycles. The molecule has 1 aliphatic heterocycles. The van der Waals surface area contributed by atoms with Gasteiger partial charge in [-0.15, -0.1) is 12.3 Å². The van der Waals surface area contributed by atoms with Crippen LogP contribution >= 0.6 is 0 Å². The van der Waals surface area contributed by atoms with Gasteiger partial charge in [-0.25, -0.2) is 0 Å². The van der Waals surface area contributed by atoms with E-state index >= 15 is 0 Å². The van der Waals surface area contributed by atoms with Crippen LogP contribution in [0.4, 0.5) is 0 Å². The molecule has 1 aromatic carbocycles. The highest BCUT2D eigenvalue weighted by Crippen LogP contribution is 2.27. The first-order chi connectivity index (χ1) is 9.22. The van der Waals surface area contributed by atoms with E-state index in [1.807, 2.05) is 6.07 Å². The molecular weight excluding hydrogens is 234 g/mol. The second-order valence-corrected chi connectivity index (χ2v) is 5.58. The maximum Gasteiger partial charge on any atom is 0.0775 e. The van der Waals surface area contributed by atoms with Crippen LogP contribution in [0.2, 0.25) is 0 Å². The first-order valence-electron chi connectivity index (χ1n) is 7.14. The molecule has 0 aliphatic carbocycles. The zero-order chi connectivity index (χ0) is 13.6. The molecule has 1 aliphatic rings. The highest BCUT2D eigenvalue weighted by Gasteiger charge is 2.32. The van der Waals surface area contributed by atoms with E-state index in [4.69, 9.17) is 6.42 Å². The van der Waals surface area contributed by atoms with E-state index in [9.17, 15) is 5.11 Å². The molecule has 2 nitrogen and oxygen atoms in total. The van der Waals surface area contributed by atoms with Crippen molar-refractivity contribution < 1.29 is 5.11 Å². The van der Waals surface area contributed by atoms with E-state index < -0.39 is 5.60 Å². The zero-order valence-corrected chi connectivity index (χ0v) is 11.5. The Bertz CT molecular complexity index is 423. The maximum atomic E-state index is 10.6. The minimum atomic E-state index is -0.538. The van der Waals surface area contributed by atoms with Crippen molar-refractivity contribution in [3.05, 3.63) is 35.9 Å². The van der Waals surface area contributed by atoms with Crippen molar-refractivity contribution in [3.8, 4) is 12.3 Å². The van der Waals surface area contributed by atoms with Crippen LogP contribution in [0.1, 0.15) is 37.7 Å². The van der Waals surface area contributed by atoms with Crippen LogP contribution in [0, 0.1) is 12.3 Å². The van der Waals surface area contributed by atoms with Crippen molar-refractivity contribution in [3.63, 3.8) is 0 Å². The largest absolute Gasteiger partial charge is 0.389 e. The van der Waals surface area contributed by atoms with E-state index in [1.54, 1.807) is 0 Å². The molecule has 1 N–H and O–H groups in total. The van der Waals surface area contributed by atoms with Gasteiger partial charge in [-0.1, -0.05) is 30.3 Å². The normalized spacial score (nSPS) is 24.0. The summed E-state index contributed by atoms with van der Waals surface area (Å²) in [7, 11) is 0. The van der Waals surface area contributed by atoms with Gasteiger partial charge in [0.2, 0.25) is 0 Å². The fourth-order valence-corrected chi connectivity index (χ4v) is 2.91. The Morgan fingerprint density at radius 1 is 1.32 bits per heavy atom. The lowest BCUT2D eigenvalue weighted by Gasteiger charge is -2.39. The topological polar surface area (TPSA) is 23.5 Å². The number of hydrogen-bond donors (Lipinski definition) is 1. The predicted molar refractivity (Wildman–Crippen MR) is 78.6 cm³/mol. The average Bonchev–Trinajstić information content (AvgIpc) is 2.40. The van der Waals surface area contributed by atoms with E-state index in [0.717, 1.165) is 51.7 Å². The molecule has 1 heterocycles. The molecule has 0 amide bonds. The molecule has 102 valence electrons. The Morgan fingerprint density at radius 2 is 2.11 bits per heavy atom. The molecule has 0 bridgehead atoms. The van der Waals surface area contributed by atoms with Gasteiger partial charge in [0.15, 0.2) is 0 Å². The molecule has 0 spiro atoms. The van der Waals surface area contributed by atoms with Gasteiger partial charge < -0.3 is 5.11 Å². The van der Waals surface area contributed by atoms with Crippen LogP contribution in [-0.2, 0) is 6.54 Å². The number of piperidine rings is 1. The summed E-state index contributed by atoms with van der Waals surface area (Å²) in [6.07, 6.45) is 9.76. The van der Waals surface area contributed by atoms with Crippen LogP contribution in [0.25, 0.3) is 0 Å². The number of terminal acetylenes is 1. The van der Waals surface area contributed by atoms with Gasteiger partial charge in [-0.3, -0.25) is 4.90 Å². The Morgan fingerprint density at radius 3 is 2.84 bits per heavy atom. The van der Waals surface area contributed by atoms with Crippen LogP contribution in [0.3, 0.4) is 0 Å². The number of hydrogen-bond acceptors (Lipinski definition) is 2. The summed E-state index contributed by atoms with van der Waals surface area (Å²) >= 11 is 0. The molecular formula is C17H23NO. The van der Waals surface area contributed by atoms with Crippen molar-refractivity contribution in [2.75, 3.05) is 13.1 Å². The molecule has 1 fully saturated rings. The predicted octanol–water partition coefficient (Wildman–Crippen LogP) is 2.82. The SMILES string of the molecule is C#CCCCC1(O)CCCN(Cc2ccccc2)C1. The summed E-state index contributed by atoms with van der Waals surface area (Å²) in [5.41, 5.74) is 0.777. The van der Waals surface area contributed by atoms with Gasteiger partial charge in [0.1, 0.15) is 0 Å². The molecule has 0 radical (unpaired) electrons. The first kappa shape index (κ1) is 14.1. The van der Waals surface area contributed by atoms with Gasteiger partial charge in [0, 0.05) is 19.5 Å². The van der Waals surface area contributed by atoms with E-state index in [1.165, 1.54) is 5.56 Å². The van der Waals surface area contributed by atoms with Gasteiger partial charge in [0.25, 0.3) is 0 Å². The van der Waals surface area contributed by atoms with Gasteiger partial charge in [-0.05, 0) is 37.8 Å².